The van der Waals surface area contributed by atoms with E-state index in [1.54, 1.807) is 12.1 Å². The second-order valence-electron chi connectivity index (χ2n) is 5.06. The average Bonchev–Trinajstić information content (AvgIpc) is 2.68. The van der Waals surface area contributed by atoms with Crippen molar-refractivity contribution in [2.75, 3.05) is 6.54 Å². The molecule has 4 nitrogen and oxygen atoms in total. The first kappa shape index (κ1) is 14.1. The van der Waals surface area contributed by atoms with Crippen molar-refractivity contribution in [2.45, 2.75) is 26.3 Å². The summed E-state index contributed by atoms with van der Waals surface area (Å²) in [7, 11) is 0. The zero-order valence-electron chi connectivity index (χ0n) is 10.9. The monoisotopic (exact) mass is 325 g/mol. The molecule has 2 unspecified atom stereocenters. The van der Waals surface area contributed by atoms with Crippen molar-refractivity contribution < 1.29 is 14.7 Å². The van der Waals surface area contributed by atoms with Gasteiger partial charge in [-0.1, -0.05) is 22.9 Å². The van der Waals surface area contributed by atoms with Crippen LogP contribution in [0.5, 0.6) is 0 Å². The van der Waals surface area contributed by atoms with Gasteiger partial charge in [0, 0.05) is 16.6 Å². The van der Waals surface area contributed by atoms with Crippen molar-refractivity contribution in [3.8, 4) is 0 Å². The quantitative estimate of drug-likeness (QED) is 0.909. The van der Waals surface area contributed by atoms with Crippen molar-refractivity contribution in [1.82, 2.24) is 4.90 Å². The zero-order valence-corrected chi connectivity index (χ0v) is 12.5. The van der Waals surface area contributed by atoms with Gasteiger partial charge in [-0.25, -0.2) is 4.79 Å². The van der Waals surface area contributed by atoms with E-state index < -0.39 is 12.0 Å². The third-order valence-electron chi connectivity index (χ3n) is 3.50. The Kier molecular flexibility index (Phi) is 3.94. The maximum atomic E-state index is 12.5. The van der Waals surface area contributed by atoms with Gasteiger partial charge in [0.15, 0.2) is 0 Å². The number of carbonyl (C=O) groups excluding carboxylic acids is 1. The third kappa shape index (κ3) is 2.81. The smallest absolute Gasteiger partial charge is 0.326 e. The number of carboxylic acids is 1. The molecule has 1 aromatic rings. The molecule has 102 valence electrons. The topological polar surface area (TPSA) is 57.6 Å². The van der Waals surface area contributed by atoms with Gasteiger partial charge in [-0.3, -0.25) is 4.79 Å². The molecule has 1 aliphatic heterocycles. The number of aryl methyl sites for hydroxylation is 1. The minimum atomic E-state index is -0.926. The van der Waals surface area contributed by atoms with Gasteiger partial charge in [0.2, 0.25) is 0 Å². The van der Waals surface area contributed by atoms with Crippen LogP contribution in [0.4, 0.5) is 0 Å². The van der Waals surface area contributed by atoms with Crippen LogP contribution in [0.25, 0.3) is 0 Å². The van der Waals surface area contributed by atoms with Gasteiger partial charge in [-0.15, -0.1) is 0 Å². The number of carbonyl (C=O) groups is 2. The summed E-state index contributed by atoms with van der Waals surface area (Å²) in [5, 5.41) is 9.26. The number of likely N-dealkylation sites (tertiary alicyclic amines) is 1. The zero-order chi connectivity index (χ0) is 14.2. The van der Waals surface area contributed by atoms with Gasteiger partial charge in [-0.05, 0) is 43.0 Å². The number of amides is 1. The highest BCUT2D eigenvalue weighted by Crippen LogP contribution is 2.27. The normalized spacial score (nSPS) is 22.6. The van der Waals surface area contributed by atoms with E-state index in [4.69, 9.17) is 0 Å². The van der Waals surface area contributed by atoms with E-state index in [0.717, 1.165) is 16.5 Å². The largest absolute Gasteiger partial charge is 0.480 e. The van der Waals surface area contributed by atoms with E-state index in [2.05, 4.69) is 15.9 Å². The second kappa shape index (κ2) is 5.33. The molecule has 2 rings (SSSR count). The number of nitrogens with zero attached hydrogens (tertiary/aromatic N) is 1. The van der Waals surface area contributed by atoms with Crippen LogP contribution in [-0.4, -0.2) is 34.5 Å². The van der Waals surface area contributed by atoms with E-state index in [-0.39, 0.29) is 11.8 Å². The third-order valence-corrected chi connectivity index (χ3v) is 3.96. The molecule has 1 heterocycles. The van der Waals surface area contributed by atoms with Crippen LogP contribution in [0, 0.1) is 12.8 Å². The van der Waals surface area contributed by atoms with E-state index in [0.29, 0.717) is 12.1 Å². The maximum Gasteiger partial charge on any atom is 0.326 e. The Morgan fingerprint density at radius 3 is 2.63 bits per heavy atom. The Morgan fingerprint density at radius 2 is 2.05 bits per heavy atom. The highest BCUT2D eigenvalue weighted by molar-refractivity contribution is 9.10. The first-order valence-electron chi connectivity index (χ1n) is 6.21. The molecule has 5 heteroatoms. The van der Waals surface area contributed by atoms with Gasteiger partial charge >= 0.3 is 5.97 Å². The van der Waals surface area contributed by atoms with Gasteiger partial charge in [-0.2, -0.15) is 0 Å². The van der Waals surface area contributed by atoms with Gasteiger partial charge < -0.3 is 10.0 Å². The van der Waals surface area contributed by atoms with E-state index in [9.17, 15) is 14.7 Å². The SMILES string of the molecule is Cc1cc(Br)cc(C(=O)N2CCC(C)C2C(=O)O)c1. The number of hydrogen-bond acceptors (Lipinski definition) is 2. The predicted molar refractivity (Wildman–Crippen MR) is 75.1 cm³/mol. The maximum absolute atomic E-state index is 12.5. The molecule has 1 N–H and O–H groups in total. The molecule has 19 heavy (non-hydrogen) atoms. The molecule has 0 saturated carbocycles. The Labute approximate surface area is 120 Å². The fourth-order valence-electron chi connectivity index (χ4n) is 2.58. The highest BCUT2D eigenvalue weighted by atomic mass is 79.9. The Bertz CT molecular complexity index is 509. The van der Waals surface area contributed by atoms with Crippen molar-refractivity contribution in [3.63, 3.8) is 0 Å². The van der Waals surface area contributed by atoms with E-state index in [1.807, 2.05) is 19.9 Å². The fourth-order valence-corrected chi connectivity index (χ4v) is 3.18. The Hall–Kier alpha value is -1.36. The van der Waals surface area contributed by atoms with Crippen LogP contribution in [0.15, 0.2) is 22.7 Å². The van der Waals surface area contributed by atoms with E-state index >= 15 is 0 Å². The first-order chi connectivity index (χ1) is 8.90. The predicted octanol–water partition coefficient (Wildman–Crippen LogP) is 2.69. The molecule has 1 saturated heterocycles. The number of benzene rings is 1. The van der Waals surface area contributed by atoms with Crippen LogP contribution < -0.4 is 0 Å². The van der Waals surface area contributed by atoms with Crippen LogP contribution >= 0.6 is 15.9 Å². The number of aliphatic carboxylic acids is 1. The summed E-state index contributed by atoms with van der Waals surface area (Å²) in [5.74, 6) is -1.14. The molecular weight excluding hydrogens is 310 g/mol. The van der Waals surface area contributed by atoms with Crippen LogP contribution in [-0.2, 0) is 4.79 Å². The van der Waals surface area contributed by atoms with Crippen LogP contribution in [0.1, 0.15) is 29.3 Å². The summed E-state index contributed by atoms with van der Waals surface area (Å²) in [4.78, 5) is 25.2. The summed E-state index contributed by atoms with van der Waals surface area (Å²) in [6.45, 7) is 4.28. The Morgan fingerprint density at radius 1 is 1.37 bits per heavy atom. The minimum absolute atomic E-state index is 0.00491. The lowest BCUT2D eigenvalue weighted by Gasteiger charge is -2.23. The van der Waals surface area contributed by atoms with Crippen molar-refractivity contribution in [2.24, 2.45) is 5.92 Å². The lowest BCUT2D eigenvalue weighted by Crippen LogP contribution is -2.42. The lowest BCUT2D eigenvalue weighted by atomic mass is 10.0. The van der Waals surface area contributed by atoms with Crippen molar-refractivity contribution >= 4 is 27.8 Å². The van der Waals surface area contributed by atoms with Crippen molar-refractivity contribution in [1.29, 1.82) is 0 Å². The number of carboxylic acid groups (broad SMARTS) is 1. The van der Waals surface area contributed by atoms with Crippen molar-refractivity contribution in [3.05, 3.63) is 33.8 Å². The molecular formula is C14H16BrNO3. The first-order valence-corrected chi connectivity index (χ1v) is 7.00. The number of rotatable bonds is 2. The molecule has 0 bridgehead atoms. The summed E-state index contributed by atoms with van der Waals surface area (Å²) >= 11 is 3.36. The van der Waals surface area contributed by atoms with Gasteiger partial charge in [0.05, 0.1) is 0 Å². The molecule has 0 aliphatic carbocycles. The standard InChI is InChI=1S/C14H16BrNO3/c1-8-5-10(7-11(15)6-8)13(17)16-4-3-9(2)12(16)14(18)19/h5-7,9,12H,3-4H2,1-2H3,(H,18,19). The molecule has 0 spiro atoms. The summed E-state index contributed by atoms with van der Waals surface area (Å²) in [6.07, 6.45) is 0.732. The molecule has 1 fully saturated rings. The average molecular weight is 326 g/mol. The molecule has 2 atom stereocenters. The molecule has 0 radical (unpaired) electrons. The van der Waals surface area contributed by atoms with E-state index in [1.165, 1.54) is 4.90 Å². The molecule has 1 aromatic carbocycles. The lowest BCUT2D eigenvalue weighted by molar-refractivity contribution is -0.142. The van der Waals surface area contributed by atoms with Crippen LogP contribution in [0.2, 0.25) is 0 Å². The fraction of sp³-hybridized carbons (Fsp3) is 0.429. The molecule has 0 aromatic heterocycles. The minimum Gasteiger partial charge on any atom is -0.480 e. The van der Waals surface area contributed by atoms with Crippen LogP contribution in [0.3, 0.4) is 0 Å². The molecule has 1 amide bonds. The highest BCUT2D eigenvalue weighted by Gasteiger charge is 2.39. The summed E-state index contributed by atoms with van der Waals surface area (Å²) < 4.78 is 0.829. The summed E-state index contributed by atoms with van der Waals surface area (Å²) in [6, 6.07) is 4.72. The Balaban J connectivity index is 2.31. The number of halogens is 1. The second-order valence-corrected chi connectivity index (χ2v) is 5.98. The van der Waals surface area contributed by atoms with Gasteiger partial charge in [0.1, 0.15) is 6.04 Å². The number of hydrogen-bond donors (Lipinski definition) is 1. The molecule has 1 aliphatic rings. The van der Waals surface area contributed by atoms with Gasteiger partial charge in [0.25, 0.3) is 5.91 Å². The summed E-state index contributed by atoms with van der Waals surface area (Å²) in [5.41, 5.74) is 1.50.